The van der Waals surface area contributed by atoms with Crippen LogP contribution in [0.15, 0.2) is 47.7 Å². The summed E-state index contributed by atoms with van der Waals surface area (Å²) < 4.78 is 26.8. The zero-order valence-corrected chi connectivity index (χ0v) is 18.8. The van der Waals surface area contributed by atoms with Gasteiger partial charge in [0.1, 0.15) is 0 Å². The molecule has 0 spiro atoms. The number of aliphatic imine (C=N–C) groups is 1. The van der Waals surface area contributed by atoms with E-state index in [1.54, 1.807) is 10.5 Å². The molecular weight excluding hydrogens is 400 g/mol. The third kappa shape index (κ3) is 6.06. The largest absolute Gasteiger partial charge is 0.357 e. The fourth-order valence-corrected chi connectivity index (χ4v) is 4.48. The first-order valence-electron chi connectivity index (χ1n) is 10.5. The molecule has 30 heavy (non-hydrogen) atoms. The van der Waals surface area contributed by atoms with Crippen molar-refractivity contribution in [1.82, 2.24) is 24.7 Å². The second kappa shape index (κ2) is 10.1. The van der Waals surface area contributed by atoms with Crippen molar-refractivity contribution in [1.29, 1.82) is 0 Å². The quantitative estimate of drug-likeness (QED) is 0.517. The molecule has 1 unspecified atom stereocenters. The van der Waals surface area contributed by atoms with Crippen molar-refractivity contribution >= 4 is 16.0 Å². The van der Waals surface area contributed by atoms with E-state index in [9.17, 15) is 8.42 Å². The van der Waals surface area contributed by atoms with Crippen LogP contribution >= 0.6 is 0 Å². The maximum absolute atomic E-state index is 11.7. The van der Waals surface area contributed by atoms with Crippen LogP contribution in [0.2, 0.25) is 0 Å². The number of nitrogens with zero attached hydrogens (tertiary/aromatic N) is 4. The fourth-order valence-electron chi connectivity index (χ4n) is 3.61. The summed E-state index contributed by atoms with van der Waals surface area (Å²) in [5.74, 6) is 1.18. The minimum absolute atomic E-state index is 0.0744. The highest BCUT2D eigenvalue weighted by Gasteiger charge is 2.24. The Morgan fingerprint density at radius 3 is 2.70 bits per heavy atom. The first-order valence-corrected chi connectivity index (χ1v) is 12.3. The predicted molar refractivity (Wildman–Crippen MR) is 120 cm³/mol. The molecule has 1 atom stereocenters. The summed E-state index contributed by atoms with van der Waals surface area (Å²) in [7, 11) is -3.09. The average molecular weight is 433 g/mol. The van der Waals surface area contributed by atoms with Crippen LogP contribution in [-0.4, -0.2) is 60.9 Å². The number of sulfonamides is 1. The molecule has 0 radical (unpaired) electrons. The van der Waals surface area contributed by atoms with Crippen molar-refractivity contribution < 1.29 is 8.42 Å². The third-order valence-electron chi connectivity index (χ3n) is 5.39. The van der Waals surface area contributed by atoms with Crippen LogP contribution in [0.4, 0.5) is 0 Å². The summed E-state index contributed by atoms with van der Waals surface area (Å²) in [5, 5.41) is 11.1. The molecule has 1 fully saturated rings. The van der Waals surface area contributed by atoms with Crippen molar-refractivity contribution in [2.75, 3.05) is 32.4 Å². The number of nitrogens with one attached hydrogen (secondary N) is 2. The molecule has 2 aromatic rings. The van der Waals surface area contributed by atoms with Gasteiger partial charge in [-0.05, 0) is 56.4 Å². The monoisotopic (exact) mass is 432 g/mol. The highest BCUT2D eigenvalue weighted by molar-refractivity contribution is 7.88. The molecule has 0 amide bonds. The number of benzene rings is 1. The van der Waals surface area contributed by atoms with Gasteiger partial charge in [-0.3, -0.25) is 4.99 Å². The van der Waals surface area contributed by atoms with E-state index in [0.29, 0.717) is 25.6 Å². The van der Waals surface area contributed by atoms with Crippen molar-refractivity contribution in [3.63, 3.8) is 0 Å². The molecule has 0 bridgehead atoms. The van der Waals surface area contributed by atoms with Gasteiger partial charge in [0.15, 0.2) is 5.96 Å². The highest BCUT2D eigenvalue weighted by atomic mass is 32.2. The Kier molecular flexibility index (Phi) is 7.49. The zero-order valence-electron chi connectivity index (χ0n) is 18.0. The van der Waals surface area contributed by atoms with Gasteiger partial charge >= 0.3 is 0 Å². The SMILES string of the molecule is CCNC(=NCC1CCN(S(C)(=O)=O)CC1)NC(C)c1cccc(-n2cccn2)c1. The minimum atomic E-state index is -3.09. The normalized spacial score (nSPS) is 17.6. The predicted octanol–water partition coefficient (Wildman–Crippen LogP) is 2.16. The van der Waals surface area contributed by atoms with Gasteiger partial charge < -0.3 is 10.6 Å². The maximum Gasteiger partial charge on any atom is 0.211 e. The number of guanidine groups is 1. The Morgan fingerprint density at radius 1 is 1.30 bits per heavy atom. The Bertz CT molecular complexity index is 934. The van der Waals surface area contributed by atoms with Crippen LogP contribution in [0.25, 0.3) is 5.69 Å². The molecule has 8 nitrogen and oxygen atoms in total. The Labute approximate surface area is 179 Å². The van der Waals surface area contributed by atoms with E-state index in [0.717, 1.165) is 36.6 Å². The minimum Gasteiger partial charge on any atom is -0.357 e. The zero-order chi connectivity index (χ0) is 21.6. The van der Waals surface area contributed by atoms with E-state index in [2.05, 4.69) is 34.8 Å². The number of aromatic nitrogens is 2. The number of piperidine rings is 1. The molecule has 0 saturated carbocycles. The lowest BCUT2D eigenvalue weighted by atomic mass is 9.98. The van der Waals surface area contributed by atoms with Crippen LogP contribution in [-0.2, 0) is 10.0 Å². The first-order chi connectivity index (χ1) is 14.4. The molecule has 1 saturated heterocycles. The van der Waals surface area contributed by atoms with E-state index in [-0.39, 0.29) is 6.04 Å². The highest BCUT2D eigenvalue weighted by Crippen LogP contribution is 2.20. The summed E-state index contributed by atoms with van der Waals surface area (Å²) in [6, 6.07) is 10.3. The van der Waals surface area contributed by atoms with Gasteiger partial charge in [0.05, 0.1) is 18.0 Å². The van der Waals surface area contributed by atoms with E-state index < -0.39 is 10.0 Å². The summed E-state index contributed by atoms with van der Waals surface area (Å²) in [5.41, 5.74) is 2.17. The maximum atomic E-state index is 11.7. The van der Waals surface area contributed by atoms with E-state index >= 15 is 0 Å². The molecule has 2 heterocycles. The number of hydrogen-bond donors (Lipinski definition) is 2. The van der Waals surface area contributed by atoms with E-state index in [1.807, 2.05) is 36.0 Å². The topological polar surface area (TPSA) is 91.6 Å². The van der Waals surface area contributed by atoms with Gasteiger partial charge in [-0.25, -0.2) is 17.4 Å². The van der Waals surface area contributed by atoms with Gasteiger partial charge in [0, 0.05) is 38.6 Å². The van der Waals surface area contributed by atoms with Gasteiger partial charge in [0.2, 0.25) is 10.0 Å². The molecule has 1 aliphatic heterocycles. The van der Waals surface area contributed by atoms with Crippen molar-refractivity contribution in [3.8, 4) is 5.69 Å². The summed E-state index contributed by atoms with van der Waals surface area (Å²) in [6.45, 7) is 6.79. The third-order valence-corrected chi connectivity index (χ3v) is 6.69. The van der Waals surface area contributed by atoms with Crippen molar-refractivity contribution in [2.24, 2.45) is 10.9 Å². The standard InChI is InChI=1S/C21H32N6O2S/c1-4-22-21(23-16-18-9-13-26(14-10-18)30(3,28)29)25-17(2)19-7-5-8-20(15-19)27-12-6-11-24-27/h5-8,11-12,15,17-18H,4,9-10,13-14,16H2,1-3H3,(H2,22,23,25). The smallest absolute Gasteiger partial charge is 0.211 e. The van der Waals surface area contributed by atoms with Crippen LogP contribution in [0, 0.1) is 5.92 Å². The lowest BCUT2D eigenvalue weighted by Crippen LogP contribution is -2.40. The number of hydrogen-bond acceptors (Lipinski definition) is 4. The van der Waals surface area contributed by atoms with Crippen LogP contribution in [0.1, 0.15) is 38.3 Å². The second-order valence-corrected chi connectivity index (χ2v) is 9.72. The van der Waals surface area contributed by atoms with Crippen LogP contribution < -0.4 is 10.6 Å². The molecule has 1 aliphatic rings. The van der Waals surface area contributed by atoms with Crippen LogP contribution in [0.5, 0.6) is 0 Å². The summed E-state index contributed by atoms with van der Waals surface area (Å²) in [4.78, 5) is 4.77. The summed E-state index contributed by atoms with van der Waals surface area (Å²) >= 11 is 0. The van der Waals surface area contributed by atoms with Gasteiger partial charge in [-0.15, -0.1) is 0 Å². The summed E-state index contributed by atoms with van der Waals surface area (Å²) in [6.07, 6.45) is 6.67. The van der Waals surface area contributed by atoms with Gasteiger partial charge in [-0.1, -0.05) is 12.1 Å². The Balaban J connectivity index is 1.60. The Morgan fingerprint density at radius 2 is 2.07 bits per heavy atom. The van der Waals surface area contributed by atoms with Crippen LogP contribution in [0.3, 0.4) is 0 Å². The van der Waals surface area contributed by atoms with Crippen molar-refractivity contribution in [3.05, 3.63) is 48.3 Å². The Hall–Kier alpha value is -2.39. The van der Waals surface area contributed by atoms with Crippen molar-refractivity contribution in [2.45, 2.75) is 32.7 Å². The van der Waals surface area contributed by atoms with E-state index in [4.69, 9.17) is 4.99 Å². The molecule has 2 N–H and O–H groups in total. The molecule has 164 valence electrons. The molecule has 9 heteroatoms. The lowest BCUT2D eigenvalue weighted by molar-refractivity contribution is 0.280. The van der Waals surface area contributed by atoms with Gasteiger partial charge in [-0.2, -0.15) is 5.10 Å². The molecule has 1 aromatic carbocycles. The average Bonchev–Trinajstić information content (AvgIpc) is 3.27. The molecule has 3 rings (SSSR count). The second-order valence-electron chi connectivity index (χ2n) is 7.74. The molecular formula is C21H32N6O2S. The molecule has 0 aliphatic carbocycles. The fraction of sp³-hybridized carbons (Fsp3) is 0.524. The first kappa shape index (κ1) is 22.3. The molecule has 1 aromatic heterocycles. The number of rotatable bonds is 7. The lowest BCUT2D eigenvalue weighted by Gasteiger charge is -2.29. The van der Waals surface area contributed by atoms with E-state index in [1.165, 1.54) is 6.26 Å². The van der Waals surface area contributed by atoms with Gasteiger partial charge in [0.25, 0.3) is 0 Å².